The van der Waals surface area contributed by atoms with E-state index in [1.807, 2.05) is 22.7 Å². The minimum Gasteiger partial charge on any atom is -0.310 e. The lowest BCUT2D eigenvalue weighted by molar-refractivity contribution is 1.18. The molecule has 0 atom stereocenters. The van der Waals surface area contributed by atoms with Gasteiger partial charge in [0.15, 0.2) is 0 Å². The first-order chi connectivity index (χ1) is 40.7. The number of aromatic nitrogens is 2. The molecule has 0 unspecified atom stereocenters. The van der Waals surface area contributed by atoms with Crippen molar-refractivity contribution in [2.24, 2.45) is 0 Å². The summed E-state index contributed by atoms with van der Waals surface area (Å²) in [7, 11) is 0. The van der Waals surface area contributed by atoms with E-state index < -0.39 is 0 Å². The topological polar surface area (TPSA) is 16.3 Å². The molecule has 0 bridgehead atoms. The minimum atomic E-state index is 1.08. The Morgan fingerprint density at radius 3 is 1.20 bits per heavy atom. The van der Waals surface area contributed by atoms with Gasteiger partial charge in [0, 0.05) is 82.4 Å². The average molecular weight is 1080 g/mol. The molecule has 0 saturated heterocycles. The predicted octanol–water partition coefficient (Wildman–Crippen LogP) is 22.3. The average Bonchev–Trinajstić information content (AvgIpc) is 4.20. The first-order valence-electron chi connectivity index (χ1n) is 27.8. The molecule has 4 heterocycles. The van der Waals surface area contributed by atoms with Crippen LogP contribution in [0.1, 0.15) is 0 Å². The Kier molecular flexibility index (Phi) is 11.5. The van der Waals surface area contributed by atoms with Crippen LogP contribution in [-0.4, -0.2) is 9.13 Å². The fourth-order valence-corrected chi connectivity index (χ4v) is 14.5. The predicted molar refractivity (Wildman–Crippen MR) is 352 cm³/mol. The largest absolute Gasteiger partial charge is 0.310 e. The SMILES string of the molecule is c1ccc(-c2ccc(N(c3cccc(-c4c5ccsc5c(N(c5ccc(-c6ccccc6)cc5)c5ccc6c(c5)c5ccccc5n6-c5ccccc5)c5ccsc45)c3)c3ccc4c(c3)c3ccccc3n4-c3ccccc3)cc2)cc1. The number of hydrogen-bond donors (Lipinski definition) is 0. The minimum absolute atomic E-state index is 1.08. The van der Waals surface area contributed by atoms with Gasteiger partial charge in [-0.05, 0) is 160 Å². The highest BCUT2D eigenvalue weighted by Gasteiger charge is 2.26. The van der Waals surface area contributed by atoms with Crippen LogP contribution in [-0.2, 0) is 0 Å². The van der Waals surface area contributed by atoms with Crippen LogP contribution in [0.5, 0.6) is 0 Å². The van der Waals surface area contributed by atoms with Gasteiger partial charge in [0.05, 0.1) is 32.5 Å². The Morgan fingerprint density at radius 2 is 0.646 bits per heavy atom. The van der Waals surface area contributed by atoms with E-state index in [1.54, 1.807) is 0 Å². The van der Waals surface area contributed by atoms with Crippen LogP contribution in [0.15, 0.2) is 302 Å². The third kappa shape index (κ3) is 7.94. The molecule has 12 aromatic carbocycles. The lowest BCUT2D eigenvalue weighted by atomic mass is 9.97. The summed E-state index contributed by atoms with van der Waals surface area (Å²) in [5.41, 5.74) is 20.8. The van der Waals surface area contributed by atoms with Gasteiger partial charge < -0.3 is 18.9 Å². The summed E-state index contributed by atoms with van der Waals surface area (Å²) < 4.78 is 7.27. The Morgan fingerprint density at radius 1 is 0.244 bits per heavy atom. The van der Waals surface area contributed by atoms with Gasteiger partial charge in [0.25, 0.3) is 0 Å². The van der Waals surface area contributed by atoms with E-state index in [4.69, 9.17) is 0 Å². The number of thiophene rings is 2. The van der Waals surface area contributed by atoms with Gasteiger partial charge in [-0.1, -0.05) is 170 Å². The molecule has 82 heavy (non-hydrogen) atoms. The number of fused-ring (bicyclic) bond motifs is 8. The molecule has 0 aliphatic rings. The summed E-state index contributed by atoms with van der Waals surface area (Å²) in [4.78, 5) is 4.95. The monoisotopic (exact) mass is 1080 g/mol. The number of benzene rings is 12. The van der Waals surface area contributed by atoms with Gasteiger partial charge in [0.1, 0.15) is 0 Å². The van der Waals surface area contributed by atoms with E-state index in [0.717, 1.165) is 39.8 Å². The first-order valence-corrected chi connectivity index (χ1v) is 29.6. The summed E-state index contributed by atoms with van der Waals surface area (Å²) >= 11 is 3.64. The fraction of sp³-hybridized carbons (Fsp3) is 0. The molecule has 0 aliphatic heterocycles. The maximum absolute atomic E-state index is 2.52. The third-order valence-corrected chi connectivity index (χ3v) is 18.1. The van der Waals surface area contributed by atoms with Crippen molar-refractivity contribution in [2.45, 2.75) is 0 Å². The second-order valence-electron chi connectivity index (χ2n) is 20.9. The quantitative estimate of drug-likeness (QED) is 0.128. The summed E-state index contributed by atoms with van der Waals surface area (Å²) in [6.07, 6.45) is 0. The van der Waals surface area contributed by atoms with E-state index in [-0.39, 0.29) is 0 Å². The maximum Gasteiger partial charge on any atom is 0.0727 e. The van der Waals surface area contributed by atoms with Crippen molar-refractivity contribution in [1.82, 2.24) is 9.13 Å². The van der Waals surface area contributed by atoms with Crippen LogP contribution in [0.4, 0.5) is 34.1 Å². The van der Waals surface area contributed by atoms with Gasteiger partial charge in [-0.25, -0.2) is 0 Å². The van der Waals surface area contributed by atoms with Gasteiger partial charge >= 0.3 is 0 Å². The Labute approximate surface area is 483 Å². The van der Waals surface area contributed by atoms with Crippen molar-refractivity contribution in [2.75, 3.05) is 9.80 Å². The number of nitrogens with zero attached hydrogens (tertiary/aromatic N) is 4. The number of anilines is 6. The number of para-hydroxylation sites is 4. The van der Waals surface area contributed by atoms with Crippen molar-refractivity contribution >= 4 is 121 Å². The number of rotatable bonds is 11. The maximum atomic E-state index is 2.52. The zero-order valence-corrected chi connectivity index (χ0v) is 46.1. The van der Waals surface area contributed by atoms with Gasteiger partial charge in [-0.2, -0.15) is 0 Å². The van der Waals surface area contributed by atoms with E-state index in [1.165, 1.54) is 103 Å². The zero-order valence-electron chi connectivity index (χ0n) is 44.5. The molecule has 0 fully saturated rings. The van der Waals surface area contributed by atoms with Gasteiger partial charge in [-0.15, -0.1) is 22.7 Å². The van der Waals surface area contributed by atoms with Crippen LogP contribution < -0.4 is 9.80 Å². The highest BCUT2D eigenvalue weighted by atomic mass is 32.1. The molecule has 0 aliphatic carbocycles. The molecule has 4 nitrogen and oxygen atoms in total. The van der Waals surface area contributed by atoms with Crippen LogP contribution in [0.3, 0.4) is 0 Å². The van der Waals surface area contributed by atoms with Crippen LogP contribution >= 0.6 is 22.7 Å². The highest BCUT2D eigenvalue weighted by Crippen LogP contribution is 2.53. The standard InChI is InChI=1S/C76H50N4S2/c1-5-18-51(19-6-1)53-32-36-58(37-33-53)77(61-40-42-71-67(49-61)63-28-13-15-30-69(63)79(71)56-23-9-3-10-24-56)60-27-17-22-55(48-60)73-65-44-46-82-76(65)74(66-45-47-81-75(66)73)78(59-38-34-54(35-39-59)52-20-7-2-8-21-52)62-41-43-72-68(50-62)64-29-14-16-31-70(64)80(72)57-25-11-4-12-26-57/h1-50H. The van der Waals surface area contributed by atoms with E-state index >= 15 is 0 Å². The highest BCUT2D eigenvalue weighted by molar-refractivity contribution is 7.20. The van der Waals surface area contributed by atoms with Crippen LogP contribution in [0, 0.1) is 0 Å². The first kappa shape index (κ1) is 47.7. The second kappa shape index (κ2) is 19.8. The second-order valence-corrected chi connectivity index (χ2v) is 22.7. The van der Waals surface area contributed by atoms with Crippen molar-refractivity contribution in [1.29, 1.82) is 0 Å². The van der Waals surface area contributed by atoms with E-state index in [0.29, 0.717) is 0 Å². The molecule has 0 radical (unpaired) electrons. The molecule has 0 saturated carbocycles. The Balaban J connectivity index is 0.880. The molecule has 16 rings (SSSR count). The third-order valence-electron chi connectivity index (χ3n) is 16.2. The summed E-state index contributed by atoms with van der Waals surface area (Å²) in [6, 6.07) is 106. The van der Waals surface area contributed by atoms with Crippen molar-refractivity contribution < 1.29 is 0 Å². The summed E-state index contributed by atoms with van der Waals surface area (Å²) in [5.74, 6) is 0. The molecule has 0 amide bonds. The van der Waals surface area contributed by atoms with E-state index in [9.17, 15) is 0 Å². The van der Waals surface area contributed by atoms with Crippen molar-refractivity contribution in [3.8, 4) is 44.8 Å². The van der Waals surface area contributed by atoms with Gasteiger partial charge in [0.2, 0.25) is 0 Å². The normalized spacial score (nSPS) is 11.7. The lowest BCUT2D eigenvalue weighted by Gasteiger charge is -2.28. The van der Waals surface area contributed by atoms with Crippen LogP contribution in [0.2, 0.25) is 0 Å². The molecule has 386 valence electrons. The summed E-state index contributed by atoms with van der Waals surface area (Å²) in [6.45, 7) is 0. The Bertz CT molecular complexity index is 4970. The molecule has 6 heteroatoms. The van der Waals surface area contributed by atoms with Crippen molar-refractivity contribution in [3.63, 3.8) is 0 Å². The van der Waals surface area contributed by atoms with E-state index in [2.05, 4.69) is 321 Å². The Hall–Kier alpha value is -10.2. The lowest BCUT2D eigenvalue weighted by Crippen LogP contribution is -2.11. The molecular formula is C76H50N4S2. The molecule has 4 aromatic heterocycles. The summed E-state index contributed by atoms with van der Waals surface area (Å²) in [5, 5.41) is 11.9. The molecular weight excluding hydrogens is 1030 g/mol. The number of hydrogen-bond acceptors (Lipinski definition) is 4. The van der Waals surface area contributed by atoms with Gasteiger partial charge in [-0.3, -0.25) is 0 Å². The molecule has 0 spiro atoms. The molecule has 16 aromatic rings. The smallest absolute Gasteiger partial charge is 0.0727 e. The van der Waals surface area contributed by atoms with Crippen molar-refractivity contribution in [3.05, 3.63) is 302 Å². The zero-order chi connectivity index (χ0) is 54.1. The fourth-order valence-electron chi connectivity index (χ4n) is 12.6. The molecule has 0 N–H and O–H groups in total. The van der Waals surface area contributed by atoms with Crippen LogP contribution in [0.25, 0.3) is 109 Å².